The van der Waals surface area contributed by atoms with Crippen LogP contribution in [0.2, 0.25) is 0 Å². The second kappa shape index (κ2) is 7.13. The molecular weight excluding hydrogens is 352 g/mol. The third-order valence-electron chi connectivity index (χ3n) is 6.16. The number of pyridine rings is 1. The molecule has 2 aliphatic rings. The molecule has 1 aliphatic heterocycles. The second-order valence-corrected chi connectivity index (χ2v) is 8.39. The molecule has 0 atom stereocenters. The van der Waals surface area contributed by atoms with Crippen molar-refractivity contribution in [2.24, 2.45) is 13.0 Å². The number of hydrogen-bond acceptors (Lipinski definition) is 6. The summed E-state index contributed by atoms with van der Waals surface area (Å²) in [5.74, 6) is 2.29. The number of aryl methyl sites for hydroxylation is 1. The van der Waals surface area contributed by atoms with E-state index in [2.05, 4.69) is 26.3 Å². The fraction of sp³-hybridized carbons (Fsp3) is 0.524. The Hall–Kier alpha value is -2.54. The molecule has 1 saturated carbocycles. The zero-order valence-electron chi connectivity index (χ0n) is 16.3. The van der Waals surface area contributed by atoms with Crippen LogP contribution >= 0.6 is 0 Å². The third-order valence-corrected chi connectivity index (χ3v) is 6.16. The van der Waals surface area contributed by atoms with Gasteiger partial charge in [0.05, 0.1) is 11.8 Å². The molecule has 5 rings (SSSR count). The van der Waals surface area contributed by atoms with Crippen LogP contribution in [0.5, 0.6) is 0 Å². The van der Waals surface area contributed by atoms with Crippen LogP contribution in [0.3, 0.4) is 0 Å². The maximum absolute atomic E-state index is 5.63. The molecule has 1 aliphatic carbocycles. The minimum atomic E-state index is 0.0383. The highest BCUT2D eigenvalue weighted by molar-refractivity contribution is 5.50. The fourth-order valence-corrected chi connectivity index (χ4v) is 4.39. The van der Waals surface area contributed by atoms with Crippen LogP contribution in [0.4, 0.5) is 0 Å². The molecule has 0 bridgehead atoms. The summed E-state index contributed by atoms with van der Waals surface area (Å²) in [5, 5.41) is 8.73. The van der Waals surface area contributed by atoms with Gasteiger partial charge in [-0.25, -0.2) is 0 Å². The lowest BCUT2D eigenvalue weighted by Crippen LogP contribution is -2.43. The van der Waals surface area contributed by atoms with E-state index in [0.29, 0.717) is 5.89 Å². The van der Waals surface area contributed by atoms with Gasteiger partial charge in [-0.05, 0) is 50.4 Å². The first kappa shape index (κ1) is 17.6. The lowest BCUT2D eigenvalue weighted by atomic mass is 9.73. The van der Waals surface area contributed by atoms with Gasteiger partial charge < -0.3 is 4.52 Å². The number of aromatic nitrogens is 5. The summed E-state index contributed by atoms with van der Waals surface area (Å²) in [4.78, 5) is 11.5. The molecule has 3 aromatic heterocycles. The molecule has 3 aromatic rings. The Kier molecular flexibility index (Phi) is 4.47. The minimum absolute atomic E-state index is 0.0383. The van der Waals surface area contributed by atoms with Gasteiger partial charge in [0.1, 0.15) is 0 Å². The monoisotopic (exact) mass is 378 g/mol. The van der Waals surface area contributed by atoms with E-state index in [9.17, 15) is 0 Å². The standard InChI is InChI=1S/C21H26N6O/c1-26-14-17(12-23-26)15-27-9-6-21(7-10-27,11-16-4-5-16)20-24-19(28-25-20)18-3-2-8-22-13-18/h2-3,8,12-14,16H,4-7,9-11,15H2,1H3. The summed E-state index contributed by atoms with van der Waals surface area (Å²) in [7, 11) is 1.97. The number of likely N-dealkylation sites (tertiary alicyclic amines) is 1. The summed E-state index contributed by atoms with van der Waals surface area (Å²) in [6.45, 7) is 3.07. The van der Waals surface area contributed by atoms with Crippen LogP contribution in [-0.2, 0) is 19.0 Å². The van der Waals surface area contributed by atoms with Crippen molar-refractivity contribution in [1.82, 2.24) is 29.8 Å². The predicted molar refractivity (Wildman–Crippen MR) is 104 cm³/mol. The maximum Gasteiger partial charge on any atom is 0.259 e. The van der Waals surface area contributed by atoms with E-state index in [0.717, 1.165) is 49.8 Å². The van der Waals surface area contributed by atoms with Gasteiger partial charge in [-0.1, -0.05) is 18.0 Å². The lowest BCUT2D eigenvalue weighted by molar-refractivity contribution is 0.133. The van der Waals surface area contributed by atoms with E-state index < -0.39 is 0 Å². The molecule has 0 N–H and O–H groups in total. The molecule has 7 nitrogen and oxygen atoms in total. The number of rotatable bonds is 6. The minimum Gasteiger partial charge on any atom is -0.334 e. The van der Waals surface area contributed by atoms with Crippen LogP contribution in [0.25, 0.3) is 11.5 Å². The number of hydrogen-bond donors (Lipinski definition) is 0. The molecule has 4 heterocycles. The Morgan fingerprint density at radius 2 is 2.07 bits per heavy atom. The highest BCUT2D eigenvalue weighted by Gasteiger charge is 2.44. The van der Waals surface area contributed by atoms with Gasteiger partial charge in [0, 0.05) is 43.2 Å². The van der Waals surface area contributed by atoms with Gasteiger partial charge in [-0.15, -0.1) is 0 Å². The molecule has 28 heavy (non-hydrogen) atoms. The van der Waals surface area contributed by atoms with E-state index in [1.807, 2.05) is 30.1 Å². The zero-order valence-corrected chi connectivity index (χ0v) is 16.3. The molecule has 1 saturated heterocycles. The van der Waals surface area contributed by atoms with Crippen molar-refractivity contribution in [2.75, 3.05) is 13.1 Å². The highest BCUT2D eigenvalue weighted by Crippen LogP contribution is 2.46. The van der Waals surface area contributed by atoms with Gasteiger partial charge in [0.15, 0.2) is 5.82 Å². The quantitative estimate of drug-likeness (QED) is 0.656. The van der Waals surface area contributed by atoms with Crippen molar-refractivity contribution in [3.63, 3.8) is 0 Å². The summed E-state index contributed by atoms with van der Waals surface area (Å²) in [6.07, 6.45) is 13.6. The van der Waals surface area contributed by atoms with Crippen LogP contribution in [0.1, 0.15) is 43.5 Å². The first-order chi connectivity index (χ1) is 13.7. The van der Waals surface area contributed by atoms with Crippen molar-refractivity contribution in [3.05, 3.63) is 48.3 Å². The van der Waals surface area contributed by atoms with Crippen molar-refractivity contribution in [2.45, 2.75) is 44.1 Å². The van der Waals surface area contributed by atoms with E-state index in [1.54, 1.807) is 12.4 Å². The topological polar surface area (TPSA) is 72.9 Å². The van der Waals surface area contributed by atoms with Crippen molar-refractivity contribution in [3.8, 4) is 11.5 Å². The van der Waals surface area contributed by atoms with Crippen LogP contribution in [0.15, 0.2) is 41.4 Å². The highest BCUT2D eigenvalue weighted by atomic mass is 16.5. The molecule has 0 amide bonds. The summed E-state index contributed by atoms with van der Waals surface area (Å²) < 4.78 is 7.50. The Bertz CT molecular complexity index is 921. The number of piperidine rings is 1. The Morgan fingerprint density at radius 3 is 2.75 bits per heavy atom. The summed E-state index contributed by atoms with van der Waals surface area (Å²) in [5.41, 5.74) is 2.20. The fourth-order valence-electron chi connectivity index (χ4n) is 4.39. The molecule has 0 unspecified atom stereocenters. The van der Waals surface area contributed by atoms with Crippen molar-refractivity contribution >= 4 is 0 Å². The third kappa shape index (κ3) is 3.58. The Balaban J connectivity index is 1.33. The Morgan fingerprint density at radius 1 is 1.21 bits per heavy atom. The van der Waals surface area contributed by atoms with Crippen LogP contribution in [-0.4, -0.2) is 42.9 Å². The smallest absolute Gasteiger partial charge is 0.259 e. The summed E-state index contributed by atoms with van der Waals surface area (Å²) >= 11 is 0. The first-order valence-electron chi connectivity index (χ1n) is 10.1. The van der Waals surface area contributed by atoms with E-state index >= 15 is 0 Å². The van der Waals surface area contributed by atoms with Crippen molar-refractivity contribution < 1.29 is 4.52 Å². The normalized spacial score (nSPS) is 19.8. The first-order valence-corrected chi connectivity index (χ1v) is 10.1. The zero-order chi connectivity index (χ0) is 19.0. The van der Waals surface area contributed by atoms with Gasteiger partial charge in [0.25, 0.3) is 5.89 Å². The molecule has 0 radical (unpaired) electrons. The van der Waals surface area contributed by atoms with E-state index in [4.69, 9.17) is 9.51 Å². The average molecular weight is 378 g/mol. The molecule has 0 aromatic carbocycles. The lowest BCUT2D eigenvalue weighted by Gasteiger charge is -2.40. The molecule has 146 valence electrons. The van der Waals surface area contributed by atoms with Gasteiger partial charge in [-0.2, -0.15) is 10.1 Å². The van der Waals surface area contributed by atoms with E-state index in [1.165, 1.54) is 24.8 Å². The molecular formula is C21H26N6O. The Labute approximate surface area is 164 Å². The van der Waals surface area contributed by atoms with Gasteiger partial charge >= 0.3 is 0 Å². The molecule has 2 fully saturated rings. The largest absolute Gasteiger partial charge is 0.334 e. The molecule has 0 spiro atoms. The molecule has 7 heteroatoms. The van der Waals surface area contributed by atoms with E-state index in [-0.39, 0.29) is 5.41 Å². The average Bonchev–Trinajstić information content (AvgIpc) is 3.21. The number of nitrogens with zero attached hydrogens (tertiary/aromatic N) is 6. The van der Waals surface area contributed by atoms with Gasteiger partial charge in [0.2, 0.25) is 0 Å². The SMILES string of the molecule is Cn1cc(CN2CCC(CC3CC3)(c3noc(-c4cccnc4)n3)CC2)cn1. The van der Waals surface area contributed by atoms with Crippen molar-refractivity contribution in [1.29, 1.82) is 0 Å². The predicted octanol–water partition coefficient (Wildman–Crippen LogP) is 3.20. The summed E-state index contributed by atoms with van der Waals surface area (Å²) in [6, 6.07) is 3.87. The maximum atomic E-state index is 5.63. The van der Waals surface area contributed by atoms with Crippen LogP contribution < -0.4 is 0 Å². The van der Waals surface area contributed by atoms with Gasteiger partial charge in [-0.3, -0.25) is 14.6 Å². The second-order valence-electron chi connectivity index (χ2n) is 8.39. The van der Waals surface area contributed by atoms with Crippen LogP contribution in [0, 0.1) is 5.92 Å².